The molecule has 0 spiro atoms. The van der Waals surface area contributed by atoms with Crippen LogP contribution in [0.1, 0.15) is 5.69 Å². The van der Waals surface area contributed by atoms with Crippen LogP contribution in [0.4, 0.5) is 11.6 Å². The van der Waals surface area contributed by atoms with Gasteiger partial charge in [0.2, 0.25) is 0 Å². The molecule has 2 aromatic heterocycles. The molecule has 0 saturated carbocycles. The van der Waals surface area contributed by atoms with Crippen LogP contribution in [-0.4, -0.2) is 41.1 Å². The summed E-state index contributed by atoms with van der Waals surface area (Å²) < 4.78 is 0. The third-order valence-corrected chi connectivity index (χ3v) is 3.37. The molecule has 1 aliphatic rings. The van der Waals surface area contributed by atoms with Crippen LogP contribution in [0.2, 0.25) is 0 Å². The van der Waals surface area contributed by atoms with Crippen molar-refractivity contribution in [1.29, 1.82) is 0 Å². The molecule has 5 nitrogen and oxygen atoms in total. The van der Waals surface area contributed by atoms with Gasteiger partial charge in [-0.2, -0.15) is 0 Å². The van der Waals surface area contributed by atoms with Crippen molar-refractivity contribution in [3.8, 4) is 0 Å². The highest BCUT2D eigenvalue weighted by atomic mass is 15.3. The largest absolute Gasteiger partial charge is 0.353 e. The molecule has 0 atom stereocenters. The lowest BCUT2D eigenvalue weighted by Gasteiger charge is -2.36. The maximum absolute atomic E-state index is 4.40. The fourth-order valence-electron chi connectivity index (χ4n) is 2.32. The molecule has 0 aliphatic carbocycles. The molecule has 1 fully saturated rings. The fraction of sp³-hybridized carbons (Fsp3) is 0.357. The van der Waals surface area contributed by atoms with Gasteiger partial charge in [0.15, 0.2) is 0 Å². The van der Waals surface area contributed by atoms with Gasteiger partial charge in [0.1, 0.15) is 18.0 Å². The van der Waals surface area contributed by atoms with Crippen LogP contribution in [0.15, 0.2) is 36.8 Å². The highest BCUT2D eigenvalue weighted by molar-refractivity contribution is 5.44. The van der Waals surface area contributed by atoms with Crippen LogP contribution in [0.5, 0.6) is 0 Å². The monoisotopic (exact) mass is 255 g/mol. The summed E-state index contributed by atoms with van der Waals surface area (Å²) in [5, 5.41) is 0. The first-order valence-electron chi connectivity index (χ1n) is 6.52. The van der Waals surface area contributed by atoms with Crippen molar-refractivity contribution < 1.29 is 0 Å². The standard InChI is InChI=1S/C14H17N5/c1-12-10-14(17-11-16-12)19-8-6-18(7-9-19)13-4-2-3-5-15-13/h2-5,10-11H,6-9H2,1H3. The minimum Gasteiger partial charge on any atom is -0.353 e. The van der Waals surface area contributed by atoms with Crippen molar-refractivity contribution in [3.63, 3.8) is 0 Å². The van der Waals surface area contributed by atoms with Crippen molar-refractivity contribution in [2.75, 3.05) is 36.0 Å². The van der Waals surface area contributed by atoms with Crippen molar-refractivity contribution in [2.24, 2.45) is 0 Å². The van der Waals surface area contributed by atoms with Crippen molar-refractivity contribution in [3.05, 3.63) is 42.5 Å². The average Bonchev–Trinajstić information content (AvgIpc) is 2.48. The summed E-state index contributed by atoms with van der Waals surface area (Å²) in [7, 11) is 0. The van der Waals surface area contributed by atoms with Gasteiger partial charge in [0, 0.05) is 44.1 Å². The predicted molar refractivity (Wildman–Crippen MR) is 75.4 cm³/mol. The summed E-state index contributed by atoms with van der Waals surface area (Å²) in [4.78, 5) is 17.5. The second kappa shape index (κ2) is 5.22. The Hall–Kier alpha value is -2.17. The van der Waals surface area contributed by atoms with Gasteiger partial charge in [0.05, 0.1) is 0 Å². The summed E-state index contributed by atoms with van der Waals surface area (Å²) in [6.07, 6.45) is 3.48. The number of anilines is 2. The SMILES string of the molecule is Cc1cc(N2CCN(c3ccccn3)CC2)ncn1. The van der Waals surface area contributed by atoms with Gasteiger partial charge in [-0.25, -0.2) is 15.0 Å². The van der Waals surface area contributed by atoms with Gasteiger partial charge >= 0.3 is 0 Å². The second-order valence-corrected chi connectivity index (χ2v) is 4.68. The Morgan fingerprint density at radius 2 is 1.63 bits per heavy atom. The summed E-state index contributed by atoms with van der Waals surface area (Å²) in [5.41, 5.74) is 1.01. The van der Waals surface area contributed by atoms with E-state index in [1.165, 1.54) is 0 Å². The highest BCUT2D eigenvalue weighted by Gasteiger charge is 2.18. The molecule has 0 N–H and O–H groups in total. The molecule has 98 valence electrons. The molecule has 5 heteroatoms. The number of rotatable bonds is 2. The number of hydrogen-bond acceptors (Lipinski definition) is 5. The average molecular weight is 255 g/mol. The van der Waals surface area contributed by atoms with Crippen LogP contribution in [-0.2, 0) is 0 Å². The molecule has 1 aliphatic heterocycles. The zero-order valence-electron chi connectivity index (χ0n) is 11.0. The van der Waals surface area contributed by atoms with Gasteiger partial charge < -0.3 is 9.80 Å². The second-order valence-electron chi connectivity index (χ2n) is 4.68. The molecular weight excluding hydrogens is 238 g/mol. The van der Waals surface area contributed by atoms with E-state index in [1.54, 1.807) is 6.33 Å². The zero-order valence-corrected chi connectivity index (χ0v) is 11.0. The van der Waals surface area contributed by atoms with Crippen molar-refractivity contribution in [1.82, 2.24) is 15.0 Å². The molecule has 0 unspecified atom stereocenters. The Morgan fingerprint density at radius 1 is 0.895 bits per heavy atom. The molecule has 2 aromatic rings. The van der Waals surface area contributed by atoms with Crippen LogP contribution < -0.4 is 9.80 Å². The van der Waals surface area contributed by atoms with E-state index in [4.69, 9.17) is 0 Å². The lowest BCUT2D eigenvalue weighted by molar-refractivity contribution is 0.640. The Kier molecular flexibility index (Phi) is 3.27. The summed E-state index contributed by atoms with van der Waals surface area (Å²) in [6.45, 7) is 5.87. The zero-order chi connectivity index (χ0) is 13.1. The lowest BCUT2D eigenvalue weighted by Crippen LogP contribution is -2.47. The highest BCUT2D eigenvalue weighted by Crippen LogP contribution is 2.17. The summed E-state index contributed by atoms with van der Waals surface area (Å²) >= 11 is 0. The van der Waals surface area contributed by atoms with E-state index in [2.05, 4.69) is 30.8 Å². The van der Waals surface area contributed by atoms with E-state index in [0.717, 1.165) is 43.5 Å². The van der Waals surface area contributed by atoms with Crippen LogP contribution in [0.25, 0.3) is 0 Å². The lowest BCUT2D eigenvalue weighted by atomic mass is 10.3. The number of nitrogens with zero attached hydrogens (tertiary/aromatic N) is 5. The quantitative estimate of drug-likeness (QED) is 0.814. The molecule has 0 radical (unpaired) electrons. The van der Waals surface area contributed by atoms with Gasteiger partial charge in [-0.15, -0.1) is 0 Å². The minimum absolute atomic E-state index is 0.965. The van der Waals surface area contributed by atoms with Crippen molar-refractivity contribution >= 4 is 11.6 Å². The third kappa shape index (κ3) is 2.65. The molecule has 0 amide bonds. The van der Waals surface area contributed by atoms with Crippen LogP contribution in [0.3, 0.4) is 0 Å². The van der Waals surface area contributed by atoms with Gasteiger partial charge in [-0.05, 0) is 19.1 Å². The smallest absolute Gasteiger partial charge is 0.132 e. The van der Waals surface area contributed by atoms with Crippen LogP contribution in [0, 0.1) is 6.92 Å². The number of hydrogen-bond donors (Lipinski definition) is 0. The Labute approximate surface area is 112 Å². The Bertz CT molecular complexity index is 535. The van der Waals surface area contributed by atoms with Gasteiger partial charge in [-0.1, -0.05) is 6.07 Å². The van der Waals surface area contributed by atoms with E-state index < -0.39 is 0 Å². The summed E-state index contributed by atoms with van der Waals surface area (Å²) in [5.74, 6) is 2.08. The van der Waals surface area contributed by atoms with Gasteiger partial charge in [-0.3, -0.25) is 0 Å². The first-order chi connectivity index (χ1) is 9.33. The molecule has 0 aromatic carbocycles. The maximum Gasteiger partial charge on any atom is 0.132 e. The first kappa shape index (κ1) is 11.9. The van der Waals surface area contributed by atoms with Gasteiger partial charge in [0.25, 0.3) is 0 Å². The molecule has 19 heavy (non-hydrogen) atoms. The topological polar surface area (TPSA) is 45.2 Å². The Morgan fingerprint density at radius 3 is 2.26 bits per heavy atom. The number of piperazine rings is 1. The molecule has 0 bridgehead atoms. The van der Waals surface area contributed by atoms with Crippen molar-refractivity contribution in [2.45, 2.75) is 6.92 Å². The van der Waals surface area contributed by atoms with E-state index in [0.29, 0.717) is 0 Å². The molecule has 1 saturated heterocycles. The van der Waals surface area contributed by atoms with E-state index >= 15 is 0 Å². The molecule has 3 heterocycles. The number of aryl methyl sites for hydroxylation is 1. The minimum atomic E-state index is 0.965. The molecule has 3 rings (SSSR count). The number of pyridine rings is 1. The third-order valence-electron chi connectivity index (χ3n) is 3.37. The Balaban J connectivity index is 1.67. The fourth-order valence-corrected chi connectivity index (χ4v) is 2.32. The normalized spacial score (nSPS) is 15.6. The van der Waals surface area contributed by atoms with E-state index in [1.807, 2.05) is 31.3 Å². The first-order valence-corrected chi connectivity index (χ1v) is 6.52. The van der Waals surface area contributed by atoms with E-state index in [9.17, 15) is 0 Å². The molecular formula is C14H17N5. The van der Waals surface area contributed by atoms with Crippen LogP contribution >= 0.6 is 0 Å². The summed E-state index contributed by atoms with van der Waals surface area (Å²) in [6, 6.07) is 8.08. The number of aromatic nitrogens is 3. The van der Waals surface area contributed by atoms with E-state index in [-0.39, 0.29) is 0 Å². The predicted octanol–water partition coefficient (Wildman–Crippen LogP) is 1.51. The maximum atomic E-state index is 4.40.